The van der Waals surface area contributed by atoms with E-state index in [0.29, 0.717) is 12.5 Å². The molecule has 0 aromatic carbocycles. The Morgan fingerprint density at radius 3 is 2.30 bits per heavy atom. The maximum Gasteiger partial charge on any atom is 0.241 e. The topological polar surface area (TPSA) is 65.5 Å². The summed E-state index contributed by atoms with van der Waals surface area (Å²) in [6.45, 7) is 10.9. The van der Waals surface area contributed by atoms with E-state index in [1.807, 2.05) is 13.8 Å². The van der Waals surface area contributed by atoms with Crippen molar-refractivity contribution in [3.05, 3.63) is 0 Å². The summed E-state index contributed by atoms with van der Waals surface area (Å²) in [5, 5.41) is 9.26. The number of hydrogen-bond acceptors (Lipinski definition) is 2. The zero-order valence-electron chi connectivity index (χ0n) is 13.6. The number of carbonyl (C=O) groups is 1. The molecule has 0 spiro atoms. The lowest BCUT2D eigenvalue weighted by molar-refractivity contribution is -0.119. The van der Waals surface area contributed by atoms with Crippen molar-refractivity contribution in [3.63, 3.8) is 0 Å². The van der Waals surface area contributed by atoms with E-state index in [1.165, 1.54) is 25.7 Å². The Hall–Kier alpha value is -1.26. The van der Waals surface area contributed by atoms with Crippen molar-refractivity contribution in [2.75, 3.05) is 26.2 Å². The van der Waals surface area contributed by atoms with Gasteiger partial charge in [0.05, 0.1) is 0 Å². The zero-order valence-corrected chi connectivity index (χ0v) is 13.6. The van der Waals surface area contributed by atoms with Crippen LogP contribution >= 0.6 is 0 Å². The van der Waals surface area contributed by atoms with Gasteiger partial charge in [-0.25, -0.2) is 4.99 Å². The van der Waals surface area contributed by atoms with E-state index in [0.717, 1.165) is 19.0 Å². The third kappa shape index (κ3) is 9.64. The van der Waals surface area contributed by atoms with Crippen LogP contribution in [0.25, 0.3) is 0 Å². The quantitative estimate of drug-likeness (QED) is 0.424. The van der Waals surface area contributed by atoms with E-state index in [2.05, 4.69) is 34.8 Å². The first-order chi connectivity index (χ1) is 9.67. The van der Waals surface area contributed by atoms with Crippen molar-refractivity contribution >= 4 is 11.9 Å². The van der Waals surface area contributed by atoms with Crippen LogP contribution in [0.3, 0.4) is 0 Å². The third-order valence-electron chi connectivity index (χ3n) is 3.20. The molecule has 20 heavy (non-hydrogen) atoms. The van der Waals surface area contributed by atoms with Crippen LogP contribution in [-0.4, -0.2) is 38.0 Å². The fourth-order valence-electron chi connectivity index (χ4n) is 1.93. The average molecular weight is 284 g/mol. The van der Waals surface area contributed by atoms with Crippen LogP contribution < -0.4 is 16.0 Å². The van der Waals surface area contributed by atoms with E-state index >= 15 is 0 Å². The molecule has 0 saturated carbocycles. The van der Waals surface area contributed by atoms with E-state index < -0.39 is 0 Å². The molecule has 0 radical (unpaired) electrons. The number of carbonyl (C=O) groups excluding carboxylic acids is 1. The maximum absolute atomic E-state index is 11.4. The van der Waals surface area contributed by atoms with Crippen LogP contribution in [0.15, 0.2) is 4.99 Å². The predicted octanol–water partition coefficient (Wildman–Crippen LogP) is 1.89. The molecule has 1 unspecified atom stereocenters. The molecule has 1 atom stereocenters. The molecule has 0 aliphatic rings. The number of nitrogens with one attached hydrogen (secondary N) is 3. The third-order valence-corrected chi connectivity index (χ3v) is 3.20. The van der Waals surface area contributed by atoms with Crippen LogP contribution in [0, 0.1) is 5.92 Å². The van der Waals surface area contributed by atoms with E-state index in [9.17, 15) is 4.79 Å². The lowest BCUT2D eigenvalue weighted by Gasteiger charge is -2.17. The summed E-state index contributed by atoms with van der Waals surface area (Å²) >= 11 is 0. The van der Waals surface area contributed by atoms with Gasteiger partial charge in [0.2, 0.25) is 5.91 Å². The van der Waals surface area contributed by atoms with Gasteiger partial charge in [-0.3, -0.25) is 4.79 Å². The minimum absolute atomic E-state index is 0.0391. The molecule has 5 heteroatoms. The van der Waals surface area contributed by atoms with Gasteiger partial charge in [-0.05, 0) is 26.2 Å². The molecule has 118 valence electrons. The molecular weight excluding hydrogens is 252 g/mol. The summed E-state index contributed by atoms with van der Waals surface area (Å²) in [6, 6.07) is 0. The SMILES string of the molecule is CCCCC(CC)CNC(=NCC(=O)NCC)NCC. The molecule has 0 heterocycles. The van der Waals surface area contributed by atoms with Gasteiger partial charge in [-0.1, -0.05) is 33.1 Å². The Bertz CT molecular complexity index is 279. The summed E-state index contributed by atoms with van der Waals surface area (Å²) in [4.78, 5) is 15.7. The Balaban J connectivity index is 4.23. The Labute approximate surface area is 124 Å². The largest absolute Gasteiger partial charge is 0.357 e. The van der Waals surface area contributed by atoms with Crippen LogP contribution in [0.2, 0.25) is 0 Å². The Kier molecular flexibility index (Phi) is 12.0. The summed E-state index contributed by atoms with van der Waals surface area (Å²) in [6.07, 6.45) is 4.92. The summed E-state index contributed by atoms with van der Waals surface area (Å²) in [5.74, 6) is 1.36. The summed E-state index contributed by atoms with van der Waals surface area (Å²) in [7, 11) is 0. The van der Waals surface area contributed by atoms with Crippen molar-refractivity contribution in [2.24, 2.45) is 10.9 Å². The van der Waals surface area contributed by atoms with E-state index in [4.69, 9.17) is 0 Å². The highest BCUT2D eigenvalue weighted by molar-refractivity contribution is 5.84. The van der Waals surface area contributed by atoms with Gasteiger partial charge in [0, 0.05) is 19.6 Å². The molecule has 0 bridgehead atoms. The highest BCUT2D eigenvalue weighted by atomic mass is 16.1. The van der Waals surface area contributed by atoms with Crippen molar-refractivity contribution < 1.29 is 4.79 Å². The monoisotopic (exact) mass is 284 g/mol. The lowest BCUT2D eigenvalue weighted by atomic mass is 9.99. The molecule has 0 aromatic rings. The zero-order chi connectivity index (χ0) is 15.2. The molecule has 0 aliphatic heterocycles. The molecule has 0 aromatic heterocycles. The smallest absolute Gasteiger partial charge is 0.241 e. The fourth-order valence-corrected chi connectivity index (χ4v) is 1.93. The second-order valence-corrected chi connectivity index (χ2v) is 4.95. The van der Waals surface area contributed by atoms with Crippen LogP contribution in [-0.2, 0) is 4.79 Å². The average Bonchev–Trinajstić information content (AvgIpc) is 2.45. The number of nitrogens with zero attached hydrogens (tertiary/aromatic N) is 1. The van der Waals surface area contributed by atoms with Crippen molar-refractivity contribution in [2.45, 2.75) is 53.4 Å². The molecule has 1 amide bonds. The first-order valence-electron chi connectivity index (χ1n) is 7.96. The van der Waals surface area contributed by atoms with Gasteiger partial charge < -0.3 is 16.0 Å². The van der Waals surface area contributed by atoms with Crippen LogP contribution in [0.5, 0.6) is 0 Å². The van der Waals surface area contributed by atoms with Gasteiger partial charge in [0.1, 0.15) is 6.54 Å². The number of hydrogen-bond donors (Lipinski definition) is 3. The van der Waals surface area contributed by atoms with Crippen molar-refractivity contribution in [1.82, 2.24) is 16.0 Å². The van der Waals surface area contributed by atoms with E-state index in [1.54, 1.807) is 0 Å². The Morgan fingerprint density at radius 2 is 1.75 bits per heavy atom. The van der Waals surface area contributed by atoms with E-state index in [-0.39, 0.29) is 12.5 Å². The number of amides is 1. The highest BCUT2D eigenvalue weighted by Gasteiger charge is 2.07. The first kappa shape index (κ1) is 18.7. The summed E-state index contributed by atoms with van der Waals surface area (Å²) < 4.78 is 0. The molecular formula is C15H32N4O. The molecule has 0 fully saturated rings. The predicted molar refractivity (Wildman–Crippen MR) is 86.0 cm³/mol. The molecule has 5 nitrogen and oxygen atoms in total. The van der Waals surface area contributed by atoms with Gasteiger partial charge in [-0.15, -0.1) is 0 Å². The molecule has 3 N–H and O–H groups in total. The molecule has 0 rings (SSSR count). The number of guanidine groups is 1. The highest BCUT2D eigenvalue weighted by Crippen LogP contribution is 2.10. The Morgan fingerprint density at radius 1 is 1.05 bits per heavy atom. The first-order valence-corrected chi connectivity index (χ1v) is 7.96. The minimum atomic E-state index is -0.0391. The van der Waals surface area contributed by atoms with Gasteiger partial charge in [0.25, 0.3) is 0 Å². The normalized spacial score (nSPS) is 12.9. The van der Waals surface area contributed by atoms with Gasteiger partial charge in [0.15, 0.2) is 5.96 Å². The second-order valence-electron chi connectivity index (χ2n) is 4.95. The standard InChI is InChI=1S/C15H32N4O/c1-5-9-10-13(6-2)11-18-15(17-8-4)19-12-14(20)16-7-3/h13H,5-12H2,1-4H3,(H,16,20)(H2,17,18,19). The fraction of sp³-hybridized carbons (Fsp3) is 0.867. The number of aliphatic imine (C=N–C) groups is 1. The number of likely N-dealkylation sites (N-methyl/N-ethyl adjacent to an activating group) is 1. The summed E-state index contributed by atoms with van der Waals surface area (Å²) in [5.41, 5.74) is 0. The van der Waals surface area contributed by atoms with Crippen molar-refractivity contribution in [3.8, 4) is 0 Å². The molecule has 0 aliphatic carbocycles. The molecule has 0 saturated heterocycles. The number of unbranched alkanes of at least 4 members (excludes halogenated alkanes) is 1. The van der Waals surface area contributed by atoms with Gasteiger partial charge in [-0.2, -0.15) is 0 Å². The van der Waals surface area contributed by atoms with Crippen molar-refractivity contribution in [1.29, 1.82) is 0 Å². The van der Waals surface area contributed by atoms with Crippen LogP contribution in [0.1, 0.15) is 53.4 Å². The lowest BCUT2D eigenvalue weighted by Crippen LogP contribution is -2.40. The second kappa shape index (κ2) is 12.8. The number of rotatable bonds is 10. The maximum atomic E-state index is 11.4. The van der Waals surface area contributed by atoms with Gasteiger partial charge >= 0.3 is 0 Å². The minimum Gasteiger partial charge on any atom is -0.357 e. The van der Waals surface area contributed by atoms with Crippen LogP contribution in [0.4, 0.5) is 0 Å².